The lowest BCUT2D eigenvalue weighted by Crippen LogP contribution is -2.42. The number of piperidine rings is 1. The van der Waals surface area contributed by atoms with Crippen LogP contribution >= 0.6 is 0 Å². The van der Waals surface area contributed by atoms with Crippen molar-refractivity contribution >= 4 is 23.1 Å². The number of likely N-dealkylation sites (tertiary alicyclic amines) is 1. The third kappa shape index (κ3) is 4.48. The van der Waals surface area contributed by atoms with Gasteiger partial charge in [0.15, 0.2) is 11.5 Å². The lowest BCUT2D eigenvalue weighted by Gasteiger charge is -2.34. The van der Waals surface area contributed by atoms with Crippen molar-refractivity contribution in [3.63, 3.8) is 0 Å². The van der Waals surface area contributed by atoms with Crippen molar-refractivity contribution in [1.29, 1.82) is 0 Å². The van der Waals surface area contributed by atoms with Crippen molar-refractivity contribution < 1.29 is 13.9 Å². The predicted octanol–water partition coefficient (Wildman–Crippen LogP) is 3.96. The summed E-state index contributed by atoms with van der Waals surface area (Å²) < 4.78 is 21.6. The van der Waals surface area contributed by atoms with Gasteiger partial charge in [0, 0.05) is 31.4 Å². The number of nitrogens with one attached hydrogen (secondary N) is 1. The summed E-state index contributed by atoms with van der Waals surface area (Å²) in [5.41, 5.74) is 0.302. The molecule has 1 N–H and O–H groups in total. The van der Waals surface area contributed by atoms with Crippen LogP contribution in [0.25, 0.3) is 11.2 Å². The molecule has 0 aliphatic carbocycles. The molecule has 0 bridgehead atoms. The Kier molecular flexibility index (Phi) is 5.26. The van der Waals surface area contributed by atoms with Gasteiger partial charge in [-0.1, -0.05) is 0 Å². The van der Waals surface area contributed by atoms with Crippen molar-refractivity contribution in [2.45, 2.75) is 65.1 Å². The van der Waals surface area contributed by atoms with E-state index in [1.165, 1.54) is 6.20 Å². The van der Waals surface area contributed by atoms with Gasteiger partial charge in [-0.15, -0.1) is 0 Å². The van der Waals surface area contributed by atoms with Gasteiger partial charge in [-0.05, 0) is 47.5 Å². The van der Waals surface area contributed by atoms with E-state index in [2.05, 4.69) is 15.3 Å². The molecule has 0 aromatic carbocycles. The molecular weight excluding hydrogens is 349 g/mol. The topological polar surface area (TPSA) is 72.3 Å². The van der Waals surface area contributed by atoms with Crippen LogP contribution in [0.2, 0.25) is 0 Å². The van der Waals surface area contributed by atoms with Crippen molar-refractivity contribution in [3.8, 4) is 0 Å². The molecule has 3 rings (SSSR count). The minimum absolute atomic E-state index is 0.0688. The highest BCUT2D eigenvalue weighted by Crippen LogP contribution is 2.29. The standard InChI is InChI=1S/C19H28FN5O2/c1-12(2)22-15-10-21-16-14(20)11-25(17(16)23-15)13-6-8-24(9-7-13)18(26)27-19(3,4)5/h10-13H,6-9H2,1-5H3,(H,22,23). The van der Waals surface area contributed by atoms with Gasteiger partial charge in [0.2, 0.25) is 0 Å². The van der Waals surface area contributed by atoms with Crippen LogP contribution < -0.4 is 5.32 Å². The summed E-state index contributed by atoms with van der Waals surface area (Å²) >= 11 is 0. The molecule has 2 aromatic rings. The maximum absolute atomic E-state index is 14.3. The van der Waals surface area contributed by atoms with Crippen LogP contribution in [0.15, 0.2) is 12.4 Å². The number of hydrogen-bond donors (Lipinski definition) is 1. The molecule has 0 unspecified atom stereocenters. The van der Waals surface area contributed by atoms with Gasteiger partial charge in [0.1, 0.15) is 16.9 Å². The maximum Gasteiger partial charge on any atom is 0.410 e. The molecule has 1 aliphatic heterocycles. The van der Waals surface area contributed by atoms with Gasteiger partial charge in [-0.3, -0.25) is 0 Å². The molecular formula is C19H28FN5O2. The minimum Gasteiger partial charge on any atom is -0.444 e. The number of carbonyl (C=O) groups is 1. The smallest absolute Gasteiger partial charge is 0.410 e. The summed E-state index contributed by atoms with van der Waals surface area (Å²) in [7, 11) is 0. The van der Waals surface area contributed by atoms with Gasteiger partial charge in [0.25, 0.3) is 0 Å². The Bertz CT molecular complexity index is 819. The van der Waals surface area contributed by atoms with E-state index in [1.54, 1.807) is 11.1 Å². The molecule has 2 aromatic heterocycles. The lowest BCUT2D eigenvalue weighted by molar-refractivity contribution is 0.0189. The van der Waals surface area contributed by atoms with Gasteiger partial charge in [-0.25, -0.2) is 19.2 Å². The molecule has 0 atom stereocenters. The Balaban J connectivity index is 1.76. The SMILES string of the molecule is CC(C)Nc1cnc2c(F)cn(C3CCN(C(=O)OC(C)(C)C)CC3)c2n1. The molecule has 1 aliphatic rings. The van der Waals surface area contributed by atoms with E-state index in [1.807, 2.05) is 39.2 Å². The Morgan fingerprint density at radius 3 is 2.59 bits per heavy atom. The van der Waals surface area contributed by atoms with E-state index in [4.69, 9.17) is 4.74 Å². The number of carbonyl (C=O) groups excluding carboxylic acids is 1. The number of hydrogen-bond acceptors (Lipinski definition) is 5. The molecule has 8 heteroatoms. The summed E-state index contributed by atoms with van der Waals surface area (Å²) in [5, 5.41) is 3.20. The number of ether oxygens (including phenoxy) is 1. The fraction of sp³-hybridized carbons (Fsp3) is 0.632. The number of nitrogens with zero attached hydrogens (tertiary/aromatic N) is 4. The Morgan fingerprint density at radius 1 is 1.33 bits per heavy atom. The molecule has 148 valence electrons. The zero-order chi connectivity index (χ0) is 19.8. The second-order valence-electron chi connectivity index (χ2n) is 8.31. The second kappa shape index (κ2) is 7.32. The van der Waals surface area contributed by atoms with E-state index in [0.717, 1.165) is 0 Å². The zero-order valence-corrected chi connectivity index (χ0v) is 16.6. The predicted molar refractivity (Wildman–Crippen MR) is 102 cm³/mol. The monoisotopic (exact) mass is 377 g/mol. The number of anilines is 1. The summed E-state index contributed by atoms with van der Waals surface area (Å²) in [6, 6.07) is 0.279. The van der Waals surface area contributed by atoms with Crippen LogP contribution in [-0.4, -0.2) is 50.3 Å². The highest BCUT2D eigenvalue weighted by Gasteiger charge is 2.29. The minimum atomic E-state index is -0.511. The van der Waals surface area contributed by atoms with Crippen LogP contribution in [-0.2, 0) is 4.74 Å². The normalized spacial score (nSPS) is 16.2. The van der Waals surface area contributed by atoms with Crippen molar-refractivity contribution in [2.75, 3.05) is 18.4 Å². The number of halogens is 1. The first-order valence-corrected chi connectivity index (χ1v) is 9.41. The van der Waals surface area contributed by atoms with Crippen LogP contribution in [0.4, 0.5) is 15.0 Å². The fourth-order valence-corrected chi connectivity index (χ4v) is 3.27. The molecule has 0 spiro atoms. The van der Waals surface area contributed by atoms with Crippen LogP contribution in [0.5, 0.6) is 0 Å². The first-order valence-electron chi connectivity index (χ1n) is 9.41. The number of fused-ring (bicyclic) bond motifs is 1. The lowest BCUT2D eigenvalue weighted by atomic mass is 10.1. The van der Waals surface area contributed by atoms with Crippen molar-refractivity contribution in [3.05, 3.63) is 18.2 Å². The molecule has 0 saturated carbocycles. The van der Waals surface area contributed by atoms with E-state index in [0.29, 0.717) is 37.4 Å². The van der Waals surface area contributed by atoms with E-state index in [9.17, 15) is 9.18 Å². The van der Waals surface area contributed by atoms with Gasteiger partial charge >= 0.3 is 6.09 Å². The quantitative estimate of drug-likeness (QED) is 0.876. The van der Waals surface area contributed by atoms with E-state index in [-0.39, 0.29) is 29.5 Å². The maximum atomic E-state index is 14.3. The van der Waals surface area contributed by atoms with Gasteiger partial charge < -0.3 is 19.5 Å². The highest BCUT2D eigenvalue weighted by atomic mass is 19.1. The van der Waals surface area contributed by atoms with E-state index >= 15 is 0 Å². The Morgan fingerprint density at radius 2 is 2.00 bits per heavy atom. The highest BCUT2D eigenvalue weighted by molar-refractivity contribution is 5.74. The first kappa shape index (κ1) is 19.4. The molecule has 1 saturated heterocycles. The molecule has 1 amide bonds. The average molecular weight is 377 g/mol. The van der Waals surface area contributed by atoms with Crippen LogP contribution in [0, 0.1) is 5.82 Å². The molecule has 0 radical (unpaired) electrons. The Hall–Kier alpha value is -2.38. The molecule has 7 nitrogen and oxygen atoms in total. The van der Waals surface area contributed by atoms with Gasteiger partial charge in [0.05, 0.1) is 6.20 Å². The van der Waals surface area contributed by atoms with Crippen LogP contribution in [0.3, 0.4) is 0 Å². The summed E-state index contributed by atoms with van der Waals surface area (Å²) in [6.07, 6.45) is 4.16. The van der Waals surface area contributed by atoms with Gasteiger partial charge in [-0.2, -0.15) is 0 Å². The number of amides is 1. The molecule has 3 heterocycles. The zero-order valence-electron chi connectivity index (χ0n) is 16.6. The first-order chi connectivity index (χ1) is 12.6. The third-order valence-electron chi connectivity index (χ3n) is 4.42. The Labute approximate surface area is 158 Å². The van der Waals surface area contributed by atoms with Crippen LogP contribution in [0.1, 0.15) is 53.5 Å². The number of aromatic nitrogens is 3. The van der Waals surface area contributed by atoms with E-state index < -0.39 is 5.60 Å². The number of rotatable bonds is 3. The molecule has 1 fully saturated rings. The second-order valence-corrected chi connectivity index (χ2v) is 8.31. The molecule has 27 heavy (non-hydrogen) atoms. The summed E-state index contributed by atoms with van der Waals surface area (Å²) in [5.74, 6) is 0.256. The summed E-state index contributed by atoms with van der Waals surface area (Å²) in [4.78, 5) is 22.7. The van der Waals surface area contributed by atoms with Crippen molar-refractivity contribution in [1.82, 2.24) is 19.4 Å². The average Bonchev–Trinajstić information content (AvgIpc) is 2.89. The van der Waals surface area contributed by atoms with Crippen molar-refractivity contribution in [2.24, 2.45) is 0 Å². The fourth-order valence-electron chi connectivity index (χ4n) is 3.27. The largest absolute Gasteiger partial charge is 0.444 e. The third-order valence-corrected chi connectivity index (χ3v) is 4.42. The summed E-state index contributed by atoms with van der Waals surface area (Å²) in [6.45, 7) is 10.7.